The minimum atomic E-state index is 0.0529. The van der Waals surface area contributed by atoms with E-state index in [1.54, 1.807) is 4.90 Å². The Kier molecular flexibility index (Phi) is 4.37. The number of ether oxygens (including phenoxy) is 1. The number of aryl methyl sites for hydroxylation is 3. The molecule has 0 radical (unpaired) electrons. The number of hydrogen-bond acceptors (Lipinski definition) is 3. The predicted octanol–water partition coefficient (Wildman–Crippen LogP) is 2.67. The van der Waals surface area contributed by atoms with Gasteiger partial charge in [0.1, 0.15) is 5.75 Å². The van der Waals surface area contributed by atoms with Crippen molar-refractivity contribution in [2.24, 2.45) is 0 Å². The molecule has 0 saturated heterocycles. The number of rotatable bonds is 4. The number of fused-ring (bicyclic) bond motifs is 1. The normalized spacial score (nSPS) is 13.3. The van der Waals surface area contributed by atoms with Gasteiger partial charge in [-0.05, 0) is 62.4 Å². The highest BCUT2D eigenvalue weighted by atomic mass is 16.5. The van der Waals surface area contributed by atoms with Crippen molar-refractivity contribution in [3.8, 4) is 5.75 Å². The third-order valence-electron chi connectivity index (χ3n) is 4.48. The highest BCUT2D eigenvalue weighted by Gasteiger charge is 2.17. The minimum Gasteiger partial charge on any atom is -0.493 e. The topological polar surface area (TPSA) is 58.2 Å². The molecule has 1 aromatic heterocycles. The summed E-state index contributed by atoms with van der Waals surface area (Å²) in [6.07, 6.45) is 2.80. The molecular weight excluding hydrogens is 290 g/mol. The molecule has 1 aromatic carbocycles. The van der Waals surface area contributed by atoms with E-state index in [2.05, 4.69) is 10.2 Å². The van der Waals surface area contributed by atoms with Crippen molar-refractivity contribution in [1.29, 1.82) is 0 Å². The standard InChI is InChI=1S/C18H23N3O2/c1-12-16(13(2)20-19-12)8-9-21(3)18(22)15-6-7-17-14(11-15)5-4-10-23-17/h6-7,11H,4-5,8-10H2,1-3H3,(H,19,20). The first-order valence-electron chi connectivity index (χ1n) is 8.08. The smallest absolute Gasteiger partial charge is 0.253 e. The van der Waals surface area contributed by atoms with E-state index in [0.29, 0.717) is 6.54 Å². The van der Waals surface area contributed by atoms with E-state index >= 15 is 0 Å². The number of amides is 1. The second-order valence-electron chi connectivity index (χ2n) is 6.16. The van der Waals surface area contributed by atoms with E-state index < -0.39 is 0 Å². The summed E-state index contributed by atoms with van der Waals surface area (Å²) in [4.78, 5) is 14.4. The Morgan fingerprint density at radius 1 is 1.39 bits per heavy atom. The van der Waals surface area contributed by atoms with Gasteiger partial charge in [0.25, 0.3) is 5.91 Å². The summed E-state index contributed by atoms with van der Waals surface area (Å²) in [7, 11) is 1.85. The first-order valence-corrected chi connectivity index (χ1v) is 8.08. The van der Waals surface area contributed by atoms with Crippen LogP contribution < -0.4 is 4.74 Å². The van der Waals surface area contributed by atoms with Crippen molar-refractivity contribution in [3.05, 3.63) is 46.3 Å². The van der Waals surface area contributed by atoms with Crippen molar-refractivity contribution in [1.82, 2.24) is 15.1 Å². The number of carbonyl (C=O) groups excluding carboxylic acids is 1. The summed E-state index contributed by atoms with van der Waals surface area (Å²) in [6.45, 7) is 5.45. The second-order valence-corrected chi connectivity index (χ2v) is 6.16. The summed E-state index contributed by atoms with van der Waals surface area (Å²) >= 11 is 0. The van der Waals surface area contributed by atoms with Crippen molar-refractivity contribution in [3.63, 3.8) is 0 Å². The summed E-state index contributed by atoms with van der Waals surface area (Å²) in [6, 6.07) is 5.75. The summed E-state index contributed by atoms with van der Waals surface area (Å²) in [5.74, 6) is 0.970. The first-order chi connectivity index (χ1) is 11.1. The maximum Gasteiger partial charge on any atom is 0.253 e. The van der Waals surface area contributed by atoms with Gasteiger partial charge in [0.2, 0.25) is 0 Å². The number of benzene rings is 1. The number of likely N-dealkylation sites (N-methyl/N-ethyl adjacent to an activating group) is 1. The fourth-order valence-electron chi connectivity index (χ4n) is 3.04. The molecule has 0 fully saturated rings. The molecule has 0 atom stereocenters. The lowest BCUT2D eigenvalue weighted by Crippen LogP contribution is -2.29. The fourth-order valence-corrected chi connectivity index (χ4v) is 3.04. The number of carbonyl (C=O) groups is 1. The Bertz CT molecular complexity index is 702. The molecule has 23 heavy (non-hydrogen) atoms. The molecule has 2 aromatic rings. The molecule has 3 rings (SSSR count). The molecule has 5 heteroatoms. The van der Waals surface area contributed by atoms with Crippen molar-refractivity contribution in [2.45, 2.75) is 33.1 Å². The Morgan fingerprint density at radius 2 is 2.22 bits per heavy atom. The number of nitrogens with one attached hydrogen (secondary N) is 1. The number of H-pyrrole nitrogens is 1. The summed E-state index contributed by atoms with van der Waals surface area (Å²) in [5.41, 5.74) is 5.15. The van der Waals surface area contributed by atoms with E-state index in [4.69, 9.17) is 4.74 Å². The second kappa shape index (κ2) is 6.44. The third kappa shape index (κ3) is 3.23. The van der Waals surface area contributed by atoms with Crippen LogP contribution in [0.5, 0.6) is 5.75 Å². The molecule has 1 N–H and O–H groups in total. The third-order valence-corrected chi connectivity index (χ3v) is 4.48. The zero-order chi connectivity index (χ0) is 16.4. The zero-order valence-corrected chi connectivity index (χ0v) is 14.0. The van der Waals surface area contributed by atoms with Crippen LogP contribution in [0.4, 0.5) is 0 Å². The molecule has 0 unspecified atom stereocenters. The molecule has 0 aliphatic carbocycles. The van der Waals surface area contributed by atoms with Gasteiger partial charge in [0.05, 0.1) is 12.3 Å². The Balaban J connectivity index is 1.67. The van der Waals surface area contributed by atoms with Gasteiger partial charge in [-0.3, -0.25) is 9.89 Å². The number of aromatic amines is 1. The van der Waals surface area contributed by atoms with Gasteiger partial charge in [0, 0.05) is 24.8 Å². The van der Waals surface area contributed by atoms with Crippen molar-refractivity contribution < 1.29 is 9.53 Å². The van der Waals surface area contributed by atoms with Crippen LogP contribution in [0, 0.1) is 13.8 Å². The van der Waals surface area contributed by atoms with Gasteiger partial charge < -0.3 is 9.64 Å². The van der Waals surface area contributed by atoms with Crippen LogP contribution in [0.2, 0.25) is 0 Å². The van der Waals surface area contributed by atoms with Crippen LogP contribution in [-0.4, -0.2) is 41.2 Å². The number of aromatic nitrogens is 2. The van der Waals surface area contributed by atoms with E-state index in [1.165, 1.54) is 5.56 Å². The van der Waals surface area contributed by atoms with Crippen LogP contribution >= 0.6 is 0 Å². The molecule has 2 heterocycles. The molecule has 0 bridgehead atoms. The quantitative estimate of drug-likeness (QED) is 0.944. The van der Waals surface area contributed by atoms with Crippen LogP contribution in [0.1, 0.15) is 39.3 Å². The van der Waals surface area contributed by atoms with E-state index in [1.807, 2.05) is 39.1 Å². The van der Waals surface area contributed by atoms with Gasteiger partial charge in [-0.1, -0.05) is 0 Å². The van der Waals surface area contributed by atoms with Crippen molar-refractivity contribution in [2.75, 3.05) is 20.2 Å². The number of nitrogens with zero attached hydrogens (tertiary/aromatic N) is 2. The van der Waals surface area contributed by atoms with Crippen LogP contribution in [-0.2, 0) is 12.8 Å². The van der Waals surface area contributed by atoms with Gasteiger partial charge in [0.15, 0.2) is 0 Å². The molecule has 1 aliphatic rings. The fraction of sp³-hybridized carbons (Fsp3) is 0.444. The maximum atomic E-state index is 12.6. The number of hydrogen-bond donors (Lipinski definition) is 1. The maximum absolute atomic E-state index is 12.6. The highest BCUT2D eigenvalue weighted by Crippen LogP contribution is 2.26. The zero-order valence-electron chi connectivity index (χ0n) is 14.0. The lowest BCUT2D eigenvalue weighted by atomic mass is 10.0. The van der Waals surface area contributed by atoms with Gasteiger partial charge in [-0.25, -0.2) is 0 Å². The molecule has 1 aliphatic heterocycles. The van der Waals surface area contributed by atoms with E-state index in [-0.39, 0.29) is 5.91 Å². The molecule has 1 amide bonds. The lowest BCUT2D eigenvalue weighted by Gasteiger charge is -2.20. The molecule has 5 nitrogen and oxygen atoms in total. The molecule has 0 spiro atoms. The van der Waals surface area contributed by atoms with Gasteiger partial charge in [-0.2, -0.15) is 5.10 Å². The van der Waals surface area contributed by atoms with Crippen LogP contribution in [0.25, 0.3) is 0 Å². The van der Waals surface area contributed by atoms with Crippen LogP contribution in [0.15, 0.2) is 18.2 Å². The Hall–Kier alpha value is -2.30. The monoisotopic (exact) mass is 313 g/mol. The van der Waals surface area contributed by atoms with Crippen LogP contribution in [0.3, 0.4) is 0 Å². The molecule has 122 valence electrons. The van der Waals surface area contributed by atoms with E-state index in [0.717, 1.165) is 54.1 Å². The summed E-state index contributed by atoms with van der Waals surface area (Å²) < 4.78 is 5.61. The lowest BCUT2D eigenvalue weighted by molar-refractivity contribution is 0.0796. The predicted molar refractivity (Wildman–Crippen MR) is 89.0 cm³/mol. The van der Waals surface area contributed by atoms with E-state index in [9.17, 15) is 4.79 Å². The largest absolute Gasteiger partial charge is 0.493 e. The minimum absolute atomic E-state index is 0.0529. The van der Waals surface area contributed by atoms with Gasteiger partial charge >= 0.3 is 0 Å². The molecule has 0 saturated carbocycles. The average molecular weight is 313 g/mol. The molecular formula is C18H23N3O2. The highest BCUT2D eigenvalue weighted by molar-refractivity contribution is 5.94. The Labute approximate surface area is 136 Å². The van der Waals surface area contributed by atoms with Gasteiger partial charge in [-0.15, -0.1) is 0 Å². The van der Waals surface area contributed by atoms with Crippen molar-refractivity contribution >= 4 is 5.91 Å². The SMILES string of the molecule is Cc1n[nH]c(C)c1CCN(C)C(=O)c1ccc2c(c1)CCCO2. The Morgan fingerprint density at radius 3 is 2.96 bits per heavy atom. The average Bonchev–Trinajstić information content (AvgIpc) is 2.89. The first kappa shape index (κ1) is 15.6. The summed E-state index contributed by atoms with van der Waals surface area (Å²) in [5, 5.41) is 7.19.